The zero-order valence-electron chi connectivity index (χ0n) is 11.4. The molecule has 0 aromatic rings. The fourth-order valence-corrected chi connectivity index (χ4v) is 3.50. The van der Waals surface area contributed by atoms with Crippen molar-refractivity contribution in [1.29, 1.82) is 0 Å². The summed E-state index contributed by atoms with van der Waals surface area (Å²) >= 11 is 0. The molecule has 1 amide bonds. The van der Waals surface area contributed by atoms with Gasteiger partial charge in [0.1, 0.15) is 0 Å². The molecule has 2 N–H and O–H groups in total. The molecule has 2 fully saturated rings. The first kappa shape index (κ1) is 12.9. The molecule has 5 unspecified atom stereocenters. The summed E-state index contributed by atoms with van der Waals surface area (Å²) in [5.74, 6) is 1.58. The minimum absolute atomic E-state index is 0.168. The zero-order valence-corrected chi connectivity index (χ0v) is 11.4. The largest absolute Gasteiger partial charge is 0.340 e. The highest BCUT2D eigenvalue weighted by Crippen LogP contribution is 2.35. The lowest BCUT2D eigenvalue weighted by Crippen LogP contribution is -2.47. The highest BCUT2D eigenvalue weighted by Gasteiger charge is 2.38. The number of carbonyl (C=O) groups is 1. The Morgan fingerprint density at radius 3 is 2.47 bits per heavy atom. The number of hydrogen-bond acceptors (Lipinski definition) is 2. The van der Waals surface area contributed by atoms with E-state index in [2.05, 4.69) is 25.7 Å². The summed E-state index contributed by atoms with van der Waals surface area (Å²) in [6.45, 7) is 7.54. The number of nitrogens with zero attached hydrogens (tertiary/aromatic N) is 1. The lowest BCUT2D eigenvalue weighted by atomic mass is 9.72. The van der Waals surface area contributed by atoms with E-state index in [0.29, 0.717) is 23.8 Å². The molecule has 1 saturated heterocycles. The van der Waals surface area contributed by atoms with E-state index in [0.717, 1.165) is 32.2 Å². The SMILES string of the molecule is CC1CC(C)C(C(=O)N2CCCC2C)CC1N. The van der Waals surface area contributed by atoms with Gasteiger partial charge < -0.3 is 10.6 Å². The van der Waals surface area contributed by atoms with Crippen LogP contribution in [0.4, 0.5) is 0 Å². The minimum Gasteiger partial charge on any atom is -0.340 e. The number of amides is 1. The first-order chi connectivity index (χ1) is 8.00. The number of rotatable bonds is 1. The second-order valence-electron chi connectivity index (χ2n) is 6.22. The molecule has 2 rings (SSSR count). The Bertz CT molecular complexity index is 292. The topological polar surface area (TPSA) is 46.3 Å². The van der Waals surface area contributed by atoms with E-state index in [1.807, 2.05) is 0 Å². The molecular weight excluding hydrogens is 212 g/mol. The number of hydrogen-bond donors (Lipinski definition) is 1. The average molecular weight is 238 g/mol. The van der Waals surface area contributed by atoms with Crippen molar-refractivity contribution in [3.63, 3.8) is 0 Å². The Balaban J connectivity index is 2.03. The second-order valence-corrected chi connectivity index (χ2v) is 6.22. The van der Waals surface area contributed by atoms with Gasteiger partial charge in [-0.3, -0.25) is 4.79 Å². The first-order valence-corrected chi connectivity index (χ1v) is 7.06. The molecule has 0 aromatic carbocycles. The quantitative estimate of drug-likeness (QED) is 0.759. The van der Waals surface area contributed by atoms with Crippen molar-refractivity contribution < 1.29 is 4.79 Å². The van der Waals surface area contributed by atoms with Crippen molar-refractivity contribution in [2.24, 2.45) is 23.5 Å². The third-order valence-corrected chi connectivity index (χ3v) is 4.84. The molecule has 0 radical (unpaired) electrons. The van der Waals surface area contributed by atoms with Gasteiger partial charge in [-0.15, -0.1) is 0 Å². The Morgan fingerprint density at radius 2 is 1.88 bits per heavy atom. The smallest absolute Gasteiger partial charge is 0.226 e. The highest BCUT2D eigenvalue weighted by atomic mass is 16.2. The third kappa shape index (κ3) is 2.49. The molecule has 5 atom stereocenters. The summed E-state index contributed by atoms with van der Waals surface area (Å²) in [4.78, 5) is 14.6. The molecule has 2 aliphatic rings. The Hall–Kier alpha value is -0.570. The van der Waals surface area contributed by atoms with Crippen LogP contribution >= 0.6 is 0 Å². The molecular formula is C14H26N2O. The van der Waals surface area contributed by atoms with E-state index < -0.39 is 0 Å². The van der Waals surface area contributed by atoms with Crippen LogP contribution in [0.1, 0.15) is 46.5 Å². The van der Waals surface area contributed by atoms with Crippen LogP contribution in [-0.2, 0) is 4.79 Å². The van der Waals surface area contributed by atoms with Crippen LogP contribution in [0, 0.1) is 17.8 Å². The maximum absolute atomic E-state index is 12.5. The van der Waals surface area contributed by atoms with Gasteiger partial charge in [-0.25, -0.2) is 0 Å². The average Bonchev–Trinajstić information content (AvgIpc) is 2.69. The monoisotopic (exact) mass is 238 g/mol. The van der Waals surface area contributed by atoms with Crippen LogP contribution in [0.25, 0.3) is 0 Å². The van der Waals surface area contributed by atoms with Gasteiger partial charge in [0.2, 0.25) is 5.91 Å². The van der Waals surface area contributed by atoms with E-state index in [9.17, 15) is 4.79 Å². The van der Waals surface area contributed by atoms with E-state index in [1.54, 1.807) is 0 Å². The van der Waals surface area contributed by atoms with Gasteiger partial charge in [-0.2, -0.15) is 0 Å². The molecule has 0 bridgehead atoms. The van der Waals surface area contributed by atoms with E-state index in [-0.39, 0.29) is 12.0 Å². The van der Waals surface area contributed by atoms with Crippen LogP contribution in [-0.4, -0.2) is 29.4 Å². The van der Waals surface area contributed by atoms with Crippen molar-refractivity contribution in [3.05, 3.63) is 0 Å². The van der Waals surface area contributed by atoms with Gasteiger partial charge >= 0.3 is 0 Å². The molecule has 0 aromatic heterocycles. The second kappa shape index (κ2) is 4.97. The van der Waals surface area contributed by atoms with Crippen molar-refractivity contribution in [2.75, 3.05) is 6.54 Å². The van der Waals surface area contributed by atoms with Crippen LogP contribution in [0.3, 0.4) is 0 Å². The van der Waals surface area contributed by atoms with Gasteiger partial charge in [-0.1, -0.05) is 13.8 Å². The molecule has 3 heteroatoms. The van der Waals surface area contributed by atoms with Gasteiger partial charge in [0, 0.05) is 24.5 Å². The molecule has 1 heterocycles. The number of carbonyl (C=O) groups excluding carboxylic acids is 1. The summed E-state index contributed by atoms with van der Waals surface area (Å²) in [6.07, 6.45) is 4.30. The van der Waals surface area contributed by atoms with Gasteiger partial charge in [-0.05, 0) is 44.4 Å². The van der Waals surface area contributed by atoms with Gasteiger partial charge in [0.15, 0.2) is 0 Å². The van der Waals surface area contributed by atoms with Crippen molar-refractivity contribution in [2.45, 2.75) is 58.5 Å². The maximum Gasteiger partial charge on any atom is 0.226 e. The number of nitrogens with two attached hydrogens (primary N) is 1. The lowest BCUT2D eigenvalue weighted by Gasteiger charge is -2.38. The van der Waals surface area contributed by atoms with Crippen molar-refractivity contribution in [1.82, 2.24) is 4.90 Å². The van der Waals surface area contributed by atoms with Crippen LogP contribution < -0.4 is 5.73 Å². The first-order valence-electron chi connectivity index (χ1n) is 7.06. The third-order valence-electron chi connectivity index (χ3n) is 4.84. The Kier molecular flexibility index (Phi) is 3.76. The Morgan fingerprint density at radius 1 is 1.18 bits per heavy atom. The zero-order chi connectivity index (χ0) is 12.6. The predicted molar refractivity (Wildman–Crippen MR) is 69.4 cm³/mol. The standard InChI is InChI=1S/C14H26N2O/c1-9-7-10(2)13(15)8-12(9)14(17)16-6-4-5-11(16)3/h9-13H,4-8,15H2,1-3H3. The summed E-state index contributed by atoms with van der Waals surface area (Å²) in [5.41, 5.74) is 6.13. The van der Waals surface area contributed by atoms with E-state index in [4.69, 9.17) is 5.73 Å². The summed E-state index contributed by atoms with van der Waals surface area (Å²) in [5, 5.41) is 0. The summed E-state index contributed by atoms with van der Waals surface area (Å²) in [6, 6.07) is 0.642. The lowest BCUT2D eigenvalue weighted by molar-refractivity contribution is -0.139. The van der Waals surface area contributed by atoms with Crippen LogP contribution in [0.5, 0.6) is 0 Å². The summed E-state index contributed by atoms with van der Waals surface area (Å²) in [7, 11) is 0. The molecule has 1 aliphatic carbocycles. The number of likely N-dealkylation sites (tertiary alicyclic amines) is 1. The molecule has 1 aliphatic heterocycles. The van der Waals surface area contributed by atoms with Crippen molar-refractivity contribution >= 4 is 5.91 Å². The molecule has 3 nitrogen and oxygen atoms in total. The minimum atomic E-state index is 0.168. The van der Waals surface area contributed by atoms with Crippen molar-refractivity contribution in [3.8, 4) is 0 Å². The highest BCUT2D eigenvalue weighted by molar-refractivity contribution is 5.80. The fourth-order valence-electron chi connectivity index (χ4n) is 3.50. The fraction of sp³-hybridized carbons (Fsp3) is 0.929. The molecule has 0 spiro atoms. The van der Waals surface area contributed by atoms with Gasteiger partial charge in [0.25, 0.3) is 0 Å². The molecule has 17 heavy (non-hydrogen) atoms. The van der Waals surface area contributed by atoms with Gasteiger partial charge in [0.05, 0.1) is 0 Å². The van der Waals surface area contributed by atoms with Crippen LogP contribution in [0.2, 0.25) is 0 Å². The Labute approximate surface area is 105 Å². The predicted octanol–water partition coefficient (Wildman–Crippen LogP) is 2.01. The normalized spacial score (nSPS) is 42.8. The van der Waals surface area contributed by atoms with E-state index >= 15 is 0 Å². The maximum atomic E-state index is 12.5. The molecule has 98 valence electrons. The van der Waals surface area contributed by atoms with E-state index in [1.165, 1.54) is 0 Å². The summed E-state index contributed by atoms with van der Waals surface area (Å²) < 4.78 is 0. The molecule has 1 saturated carbocycles. The van der Waals surface area contributed by atoms with Crippen LogP contribution in [0.15, 0.2) is 0 Å².